The highest BCUT2D eigenvalue weighted by molar-refractivity contribution is 5.85. The van der Waals surface area contributed by atoms with Gasteiger partial charge in [-0.1, -0.05) is 18.9 Å². The minimum Gasteiger partial charge on any atom is -0.314 e. The van der Waals surface area contributed by atoms with Gasteiger partial charge in [0.05, 0.1) is 4.92 Å². The van der Waals surface area contributed by atoms with Crippen molar-refractivity contribution >= 4 is 30.5 Å². The number of nitro groups is 1. The Morgan fingerprint density at radius 2 is 1.83 bits per heavy atom. The van der Waals surface area contributed by atoms with Gasteiger partial charge >= 0.3 is 5.69 Å². The molecule has 5 nitrogen and oxygen atoms in total. The minimum absolute atomic E-state index is 0. The van der Waals surface area contributed by atoms with E-state index in [-0.39, 0.29) is 30.9 Å². The number of rotatable bonds is 4. The van der Waals surface area contributed by atoms with E-state index in [1.165, 1.54) is 25.0 Å². The Morgan fingerprint density at radius 3 is 2.42 bits per heavy atom. The number of nitrogens with one attached hydrogen (secondary N) is 1. The van der Waals surface area contributed by atoms with Crippen LogP contribution in [0.15, 0.2) is 18.2 Å². The van der Waals surface area contributed by atoms with Gasteiger partial charge in [0.1, 0.15) is 0 Å². The van der Waals surface area contributed by atoms with Crippen LogP contribution in [0.2, 0.25) is 0 Å². The normalized spacial score (nSPS) is 20.0. The molecule has 24 heavy (non-hydrogen) atoms. The van der Waals surface area contributed by atoms with Crippen LogP contribution >= 0.6 is 24.8 Å². The average molecular weight is 380 g/mol. The summed E-state index contributed by atoms with van der Waals surface area (Å²) >= 11 is 0. The Bertz CT molecular complexity index is 550. The van der Waals surface area contributed by atoms with Gasteiger partial charge in [-0.2, -0.15) is 4.39 Å². The summed E-state index contributed by atoms with van der Waals surface area (Å²) in [5.74, 6) is -0.234. The van der Waals surface area contributed by atoms with E-state index in [0.29, 0.717) is 5.92 Å². The Hall–Kier alpha value is -0.950. The quantitative estimate of drug-likeness (QED) is 0.639. The summed E-state index contributed by atoms with van der Waals surface area (Å²) in [6, 6.07) is 4.59. The molecular formula is C16H24Cl2FN3O2. The molecule has 1 aliphatic carbocycles. The molecule has 1 aromatic carbocycles. The number of nitrogens with zero attached hydrogens (tertiary/aromatic N) is 2. The second-order valence-corrected chi connectivity index (χ2v) is 6.24. The molecule has 136 valence electrons. The molecule has 0 radical (unpaired) electrons. The molecule has 2 fully saturated rings. The molecule has 1 aliphatic heterocycles. The number of hydrogen-bond acceptors (Lipinski definition) is 4. The molecular weight excluding hydrogens is 356 g/mol. The Kier molecular flexibility index (Phi) is 8.36. The first-order valence-corrected chi connectivity index (χ1v) is 8.05. The topological polar surface area (TPSA) is 58.4 Å². The molecule has 0 amide bonds. The Morgan fingerprint density at radius 1 is 1.21 bits per heavy atom. The third-order valence-corrected chi connectivity index (χ3v) is 4.90. The number of halogens is 3. The summed E-state index contributed by atoms with van der Waals surface area (Å²) in [6.45, 7) is 3.75. The van der Waals surface area contributed by atoms with E-state index in [9.17, 15) is 14.5 Å². The van der Waals surface area contributed by atoms with Crippen LogP contribution in [0.5, 0.6) is 0 Å². The highest BCUT2D eigenvalue weighted by atomic mass is 35.5. The van der Waals surface area contributed by atoms with E-state index in [2.05, 4.69) is 10.2 Å². The first-order chi connectivity index (χ1) is 10.7. The second-order valence-electron chi connectivity index (χ2n) is 6.24. The van der Waals surface area contributed by atoms with Crippen molar-refractivity contribution in [1.29, 1.82) is 0 Å². The largest absolute Gasteiger partial charge is 0.314 e. The smallest absolute Gasteiger partial charge is 0.305 e. The molecule has 1 saturated heterocycles. The predicted octanol–water partition coefficient (Wildman–Crippen LogP) is 3.71. The van der Waals surface area contributed by atoms with Crippen LogP contribution < -0.4 is 5.32 Å². The van der Waals surface area contributed by atoms with Gasteiger partial charge in [-0.15, -0.1) is 24.8 Å². The standard InChI is InChI=1S/C16H22FN3O2.2ClH/c17-14-6-5-13(11-15(14)20(21)22)16(12-3-1-2-4-12)19-9-7-18-8-10-19;;/h5-6,11-12,16,18H,1-4,7-10H2;2*1H/t16-;;/m1../s1. The molecule has 2 aliphatic rings. The molecule has 1 N–H and O–H groups in total. The molecule has 8 heteroatoms. The lowest BCUT2D eigenvalue weighted by atomic mass is 9.89. The van der Waals surface area contributed by atoms with Gasteiger partial charge in [0, 0.05) is 38.3 Å². The SMILES string of the molecule is Cl.Cl.O=[N+]([O-])c1cc([C@@H](C2CCCC2)N2CCNCC2)ccc1F. The minimum atomic E-state index is -0.751. The maximum absolute atomic E-state index is 13.6. The Labute approximate surface area is 154 Å². The van der Waals surface area contributed by atoms with Crippen molar-refractivity contribution in [3.8, 4) is 0 Å². The van der Waals surface area contributed by atoms with Crippen molar-refractivity contribution in [3.63, 3.8) is 0 Å². The van der Waals surface area contributed by atoms with Crippen LogP contribution in [-0.2, 0) is 0 Å². The molecule has 0 aromatic heterocycles. The molecule has 0 bridgehead atoms. The maximum Gasteiger partial charge on any atom is 0.305 e. The molecule has 0 spiro atoms. The van der Waals surface area contributed by atoms with Gasteiger partial charge in [0.2, 0.25) is 5.82 Å². The summed E-state index contributed by atoms with van der Waals surface area (Å²) in [7, 11) is 0. The van der Waals surface area contributed by atoms with Crippen LogP contribution in [0.3, 0.4) is 0 Å². The van der Waals surface area contributed by atoms with Gasteiger partial charge in [-0.25, -0.2) is 0 Å². The van der Waals surface area contributed by atoms with Crippen LogP contribution in [0, 0.1) is 21.8 Å². The van der Waals surface area contributed by atoms with E-state index in [1.54, 1.807) is 6.07 Å². The van der Waals surface area contributed by atoms with Crippen LogP contribution in [-0.4, -0.2) is 36.0 Å². The highest BCUT2D eigenvalue weighted by Gasteiger charge is 2.33. The van der Waals surface area contributed by atoms with E-state index in [4.69, 9.17) is 0 Å². The third kappa shape index (κ3) is 4.57. The third-order valence-electron chi connectivity index (χ3n) is 4.90. The summed E-state index contributed by atoms with van der Waals surface area (Å²) in [6.07, 6.45) is 4.74. The number of benzene rings is 1. The number of piperazine rings is 1. The molecule has 1 heterocycles. The first kappa shape index (κ1) is 21.1. The van der Waals surface area contributed by atoms with Gasteiger partial charge < -0.3 is 5.32 Å². The zero-order chi connectivity index (χ0) is 15.5. The zero-order valence-corrected chi connectivity index (χ0v) is 15.1. The lowest BCUT2D eigenvalue weighted by molar-refractivity contribution is -0.387. The van der Waals surface area contributed by atoms with Gasteiger partial charge in [0.25, 0.3) is 0 Å². The van der Waals surface area contributed by atoms with Crippen molar-refractivity contribution in [2.24, 2.45) is 5.92 Å². The van der Waals surface area contributed by atoms with Gasteiger partial charge in [0.15, 0.2) is 0 Å². The number of hydrogen-bond donors (Lipinski definition) is 1. The molecule has 0 unspecified atom stereocenters. The van der Waals surface area contributed by atoms with Crippen molar-refractivity contribution < 1.29 is 9.31 Å². The van der Waals surface area contributed by atoms with Gasteiger partial charge in [-0.05, 0) is 30.4 Å². The molecule has 1 atom stereocenters. The summed E-state index contributed by atoms with van der Waals surface area (Å²) < 4.78 is 13.6. The van der Waals surface area contributed by atoms with Crippen LogP contribution in [0.4, 0.5) is 10.1 Å². The van der Waals surface area contributed by atoms with Gasteiger partial charge in [-0.3, -0.25) is 15.0 Å². The zero-order valence-electron chi connectivity index (χ0n) is 13.4. The fourth-order valence-corrected chi connectivity index (χ4v) is 3.87. The monoisotopic (exact) mass is 379 g/mol. The lowest BCUT2D eigenvalue weighted by Crippen LogP contribution is -2.46. The fraction of sp³-hybridized carbons (Fsp3) is 0.625. The van der Waals surface area contributed by atoms with Crippen LogP contribution in [0.1, 0.15) is 37.3 Å². The summed E-state index contributed by atoms with van der Waals surface area (Å²) in [4.78, 5) is 12.8. The highest BCUT2D eigenvalue weighted by Crippen LogP contribution is 2.40. The lowest BCUT2D eigenvalue weighted by Gasteiger charge is -2.38. The fourth-order valence-electron chi connectivity index (χ4n) is 3.87. The molecule has 3 rings (SSSR count). The van der Waals surface area contributed by atoms with E-state index in [0.717, 1.165) is 44.6 Å². The second kappa shape index (κ2) is 9.51. The van der Waals surface area contributed by atoms with Crippen molar-refractivity contribution in [2.45, 2.75) is 31.7 Å². The van der Waals surface area contributed by atoms with E-state index < -0.39 is 16.4 Å². The molecule has 1 saturated carbocycles. The number of nitro benzene ring substituents is 1. The van der Waals surface area contributed by atoms with Crippen molar-refractivity contribution in [3.05, 3.63) is 39.7 Å². The predicted molar refractivity (Wildman–Crippen MR) is 96.7 cm³/mol. The first-order valence-electron chi connectivity index (χ1n) is 8.05. The maximum atomic E-state index is 13.6. The Balaban J connectivity index is 0.00000144. The summed E-state index contributed by atoms with van der Waals surface area (Å²) in [5.41, 5.74) is 0.484. The molecule has 1 aromatic rings. The van der Waals surface area contributed by atoms with Crippen molar-refractivity contribution in [2.75, 3.05) is 26.2 Å². The van der Waals surface area contributed by atoms with Crippen LogP contribution in [0.25, 0.3) is 0 Å². The van der Waals surface area contributed by atoms with E-state index >= 15 is 0 Å². The summed E-state index contributed by atoms with van der Waals surface area (Å²) in [5, 5.41) is 14.4. The van der Waals surface area contributed by atoms with E-state index in [1.807, 2.05) is 0 Å². The average Bonchev–Trinajstić information content (AvgIpc) is 3.04. The van der Waals surface area contributed by atoms with Crippen molar-refractivity contribution in [1.82, 2.24) is 10.2 Å².